The normalized spacial score (nSPS) is 14.9. The van der Waals surface area contributed by atoms with Gasteiger partial charge in [-0.3, -0.25) is 9.59 Å². The first-order valence-corrected chi connectivity index (χ1v) is 8.60. The van der Waals surface area contributed by atoms with Crippen LogP contribution in [0.5, 0.6) is 0 Å². The Bertz CT molecular complexity index is 788. The largest absolute Gasteiger partial charge is 0.343 e. The van der Waals surface area contributed by atoms with E-state index >= 15 is 0 Å². The van der Waals surface area contributed by atoms with E-state index in [2.05, 4.69) is 17.4 Å². The van der Waals surface area contributed by atoms with E-state index in [1.807, 2.05) is 18.2 Å². The Balaban J connectivity index is 1.49. The summed E-state index contributed by atoms with van der Waals surface area (Å²) in [6.07, 6.45) is 1.74. The number of halogens is 2. The fourth-order valence-corrected chi connectivity index (χ4v) is 3.22. The molecule has 26 heavy (non-hydrogen) atoms. The van der Waals surface area contributed by atoms with Gasteiger partial charge in [-0.15, -0.1) is 0 Å². The molecule has 136 valence electrons. The number of piperidine rings is 1. The molecule has 6 heteroatoms. The molecule has 0 bridgehead atoms. The average Bonchev–Trinajstić information content (AvgIpc) is 2.66. The summed E-state index contributed by atoms with van der Waals surface area (Å²) in [7, 11) is 0. The van der Waals surface area contributed by atoms with Crippen LogP contribution >= 0.6 is 0 Å². The van der Waals surface area contributed by atoms with Crippen molar-refractivity contribution in [3.05, 3.63) is 71.3 Å². The Morgan fingerprint density at radius 3 is 2.38 bits per heavy atom. The summed E-state index contributed by atoms with van der Waals surface area (Å²) in [5.74, 6) is -2.19. The maximum Gasteiger partial charge on any atom is 0.254 e. The number of carbonyl (C=O) groups is 2. The summed E-state index contributed by atoms with van der Waals surface area (Å²) in [6.45, 7) is 1.05. The lowest BCUT2D eigenvalue weighted by Crippen LogP contribution is -2.43. The molecule has 3 rings (SSSR count). The fraction of sp³-hybridized carbons (Fsp3) is 0.300. The number of likely N-dealkylation sites (tertiary alicyclic amines) is 1. The molecule has 2 aromatic rings. The Hall–Kier alpha value is -2.76. The Morgan fingerprint density at radius 2 is 1.73 bits per heavy atom. The molecule has 2 amide bonds. The molecule has 2 aromatic carbocycles. The summed E-state index contributed by atoms with van der Waals surface area (Å²) < 4.78 is 26.5. The van der Waals surface area contributed by atoms with Crippen LogP contribution in [0.15, 0.2) is 48.5 Å². The van der Waals surface area contributed by atoms with E-state index in [0.29, 0.717) is 25.1 Å². The van der Waals surface area contributed by atoms with E-state index in [1.54, 1.807) is 4.90 Å². The molecule has 0 saturated carbocycles. The van der Waals surface area contributed by atoms with Crippen molar-refractivity contribution in [2.45, 2.75) is 18.8 Å². The lowest BCUT2D eigenvalue weighted by molar-refractivity contribution is -0.131. The van der Waals surface area contributed by atoms with Crippen LogP contribution in [0, 0.1) is 11.6 Å². The highest BCUT2D eigenvalue weighted by molar-refractivity contribution is 5.96. The number of nitrogens with zero attached hydrogens (tertiary/aromatic N) is 1. The van der Waals surface area contributed by atoms with E-state index in [-0.39, 0.29) is 18.0 Å². The van der Waals surface area contributed by atoms with Gasteiger partial charge in [-0.2, -0.15) is 0 Å². The zero-order valence-electron chi connectivity index (χ0n) is 14.3. The minimum absolute atomic E-state index is 0.201. The van der Waals surface area contributed by atoms with Gasteiger partial charge in [0.25, 0.3) is 5.91 Å². The monoisotopic (exact) mass is 358 g/mol. The molecule has 0 spiro atoms. The number of hydrogen-bond donors (Lipinski definition) is 1. The van der Waals surface area contributed by atoms with Gasteiger partial charge in [0.1, 0.15) is 11.6 Å². The van der Waals surface area contributed by atoms with Crippen molar-refractivity contribution in [3.63, 3.8) is 0 Å². The van der Waals surface area contributed by atoms with Gasteiger partial charge in [0.15, 0.2) is 0 Å². The minimum atomic E-state index is -0.946. The van der Waals surface area contributed by atoms with Crippen molar-refractivity contribution in [3.8, 4) is 0 Å². The smallest absolute Gasteiger partial charge is 0.254 e. The van der Waals surface area contributed by atoms with Gasteiger partial charge >= 0.3 is 0 Å². The Kier molecular flexibility index (Phi) is 5.61. The highest BCUT2D eigenvalue weighted by Crippen LogP contribution is 2.27. The first-order chi connectivity index (χ1) is 12.5. The van der Waals surface area contributed by atoms with Crippen LogP contribution in [0.25, 0.3) is 0 Å². The molecule has 0 unspecified atom stereocenters. The second kappa shape index (κ2) is 8.08. The van der Waals surface area contributed by atoms with Crippen LogP contribution in [0.2, 0.25) is 0 Å². The van der Waals surface area contributed by atoms with Gasteiger partial charge in [0.05, 0.1) is 12.1 Å². The van der Waals surface area contributed by atoms with Gasteiger partial charge < -0.3 is 10.2 Å². The predicted molar refractivity (Wildman–Crippen MR) is 93.7 cm³/mol. The van der Waals surface area contributed by atoms with Crippen LogP contribution < -0.4 is 5.32 Å². The molecule has 4 nitrogen and oxygen atoms in total. The van der Waals surface area contributed by atoms with Crippen LogP contribution in [-0.4, -0.2) is 36.3 Å². The van der Waals surface area contributed by atoms with Crippen LogP contribution in [0.4, 0.5) is 8.78 Å². The quantitative estimate of drug-likeness (QED) is 0.913. The van der Waals surface area contributed by atoms with Gasteiger partial charge in [0, 0.05) is 19.2 Å². The molecule has 0 radical (unpaired) electrons. The lowest BCUT2D eigenvalue weighted by Gasteiger charge is -2.32. The third kappa shape index (κ3) is 4.25. The topological polar surface area (TPSA) is 49.4 Å². The van der Waals surface area contributed by atoms with E-state index < -0.39 is 17.5 Å². The molecule has 1 saturated heterocycles. The zero-order valence-corrected chi connectivity index (χ0v) is 14.3. The van der Waals surface area contributed by atoms with E-state index in [4.69, 9.17) is 0 Å². The number of carbonyl (C=O) groups excluding carboxylic acids is 2. The second-order valence-electron chi connectivity index (χ2n) is 6.37. The predicted octanol–water partition coefficient (Wildman–Crippen LogP) is 3.10. The zero-order chi connectivity index (χ0) is 18.5. The van der Waals surface area contributed by atoms with Crippen molar-refractivity contribution in [2.24, 2.45) is 0 Å². The molecule has 1 aliphatic rings. The Labute approximate surface area is 150 Å². The van der Waals surface area contributed by atoms with Gasteiger partial charge in [0.2, 0.25) is 5.91 Å². The number of rotatable bonds is 4. The average molecular weight is 358 g/mol. The van der Waals surface area contributed by atoms with Gasteiger partial charge in [-0.1, -0.05) is 30.3 Å². The third-order valence-corrected chi connectivity index (χ3v) is 4.69. The van der Waals surface area contributed by atoms with Crippen molar-refractivity contribution in [1.29, 1.82) is 0 Å². The van der Waals surface area contributed by atoms with Crippen molar-refractivity contribution in [2.75, 3.05) is 19.6 Å². The van der Waals surface area contributed by atoms with Crippen molar-refractivity contribution in [1.82, 2.24) is 10.2 Å². The summed E-state index contributed by atoms with van der Waals surface area (Å²) in [6, 6.07) is 12.9. The maximum atomic E-state index is 13.6. The van der Waals surface area contributed by atoms with Gasteiger partial charge in [-0.05, 0) is 36.5 Å². The first kappa shape index (κ1) is 18.0. The first-order valence-electron chi connectivity index (χ1n) is 8.60. The molecule has 1 heterocycles. The van der Waals surface area contributed by atoms with Crippen molar-refractivity contribution >= 4 is 11.8 Å². The second-order valence-corrected chi connectivity index (χ2v) is 6.37. The highest BCUT2D eigenvalue weighted by Gasteiger charge is 2.24. The van der Waals surface area contributed by atoms with E-state index in [1.165, 1.54) is 5.56 Å². The number of hydrogen-bond acceptors (Lipinski definition) is 2. The van der Waals surface area contributed by atoms with Gasteiger partial charge in [-0.25, -0.2) is 8.78 Å². The van der Waals surface area contributed by atoms with Crippen LogP contribution in [0.1, 0.15) is 34.7 Å². The van der Waals surface area contributed by atoms with Crippen LogP contribution in [0.3, 0.4) is 0 Å². The number of nitrogens with one attached hydrogen (secondary N) is 1. The Morgan fingerprint density at radius 1 is 1.04 bits per heavy atom. The molecule has 1 N–H and O–H groups in total. The summed E-state index contributed by atoms with van der Waals surface area (Å²) in [4.78, 5) is 25.9. The molecular formula is C20H20F2N2O2. The summed E-state index contributed by atoms with van der Waals surface area (Å²) in [5.41, 5.74) is 1.00. The minimum Gasteiger partial charge on any atom is -0.343 e. The molecular weight excluding hydrogens is 338 g/mol. The standard InChI is InChI=1S/C20H20F2N2O2/c21-16-6-7-17(18(22)12-16)20(26)23-13-19(25)24-10-8-15(9-11-24)14-4-2-1-3-5-14/h1-7,12,15H,8-11,13H2,(H,23,26). The molecule has 1 fully saturated rings. The van der Waals surface area contributed by atoms with Crippen LogP contribution in [-0.2, 0) is 4.79 Å². The van der Waals surface area contributed by atoms with E-state index in [0.717, 1.165) is 25.0 Å². The van der Waals surface area contributed by atoms with E-state index in [9.17, 15) is 18.4 Å². The molecule has 0 aromatic heterocycles. The maximum absolute atomic E-state index is 13.6. The fourth-order valence-electron chi connectivity index (χ4n) is 3.22. The molecule has 0 atom stereocenters. The third-order valence-electron chi connectivity index (χ3n) is 4.69. The summed E-state index contributed by atoms with van der Waals surface area (Å²) in [5, 5.41) is 2.41. The van der Waals surface area contributed by atoms with Crippen molar-refractivity contribution < 1.29 is 18.4 Å². The molecule has 0 aliphatic carbocycles. The number of amides is 2. The number of benzene rings is 2. The summed E-state index contributed by atoms with van der Waals surface area (Å²) >= 11 is 0. The SMILES string of the molecule is O=C(NCC(=O)N1CCC(c2ccccc2)CC1)c1ccc(F)cc1F. The molecule has 1 aliphatic heterocycles. The lowest BCUT2D eigenvalue weighted by atomic mass is 9.89. The highest BCUT2D eigenvalue weighted by atomic mass is 19.1.